The molecule has 0 fully saturated rings. The SMILES string of the molecule is CCCc1ccccc1.CCNC(=O)c1cc[n+](C)cc1.COC(N)=O. The van der Waals surface area contributed by atoms with E-state index in [-0.39, 0.29) is 5.91 Å². The smallest absolute Gasteiger partial charge is 0.404 e. The van der Waals surface area contributed by atoms with Crippen LogP contribution in [-0.2, 0) is 18.2 Å². The molecule has 0 aliphatic heterocycles. The second kappa shape index (κ2) is 14.5. The van der Waals surface area contributed by atoms with Crippen LogP contribution < -0.4 is 15.6 Å². The highest BCUT2D eigenvalue weighted by Gasteiger charge is 2.03. The lowest BCUT2D eigenvalue weighted by atomic mass is 10.1. The molecular formula is C20H30N3O3+. The topological polar surface area (TPSA) is 85.3 Å². The third-order valence-electron chi connectivity index (χ3n) is 3.16. The first-order chi connectivity index (χ1) is 12.4. The number of nitrogens with one attached hydrogen (secondary N) is 1. The maximum absolute atomic E-state index is 11.2. The van der Waals surface area contributed by atoms with Crippen LogP contribution in [0.15, 0.2) is 54.9 Å². The summed E-state index contributed by atoms with van der Waals surface area (Å²) in [7, 11) is 3.14. The number of primary amides is 1. The molecule has 0 saturated heterocycles. The summed E-state index contributed by atoms with van der Waals surface area (Å²) >= 11 is 0. The fourth-order valence-electron chi connectivity index (χ4n) is 1.85. The van der Waals surface area contributed by atoms with Crippen molar-refractivity contribution < 1.29 is 18.9 Å². The van der Waals surface area contributed by atoms with Crippen molar-refractivity contribution >= 4 is 12.0 Å². The summed E-state index contributed by atoms with van der Waals surface area (Å²) in [4.78, 5) is 20.6. The van der Waals surface area contributed by atoms with Crippen molar-refractivity contribution in [3.63, 3.8) is 0 Å². The quantitative estimate of drug-likeness (QED) is 0.822. The maximum atomic E-state index is 11.2. The molecule has 0 atom stereocenters. The van der Waals surface area contributed by atoms with E-state index in [0.717, 1.165) is 0 Å². The van der Waals surface area contributed by atoms with Gasteiger partial charge >= 0.3 is 6.09 Å². The molecule has 142 valence electrons. The van der Waals surface area contributed by atoms with E-state index in [4.69, 9.17) is 0 Å². The molecule has 1 aromatic carbocycles. The van der Waals surface area contributed by atoms with Crippen molar-refractivity contribution in [2.75, 3.05) is 13.7 Å². The Labute approximate surface area is 156 Å². The van der Waals surface area contributed by atoms with Crippen LogP contribution in [0.5, 0.6) is 0 Å². The number of amides is 2. The molecule has 3 N–H and O–H groups in total. The zero-order chi connectivity index (χ0) is 19.8. The van der Waals surface area contributed by atoms with Gasteiger partial charge in [-0.1, -0.05) is 43.7 Å². The highest BCUT2D eigenvalue weighted by Crippen LogP contribution is 2.00. The van der Waals surface area contributed by atoms with Crippen LogP contribution in [-0.4, -0.2) is 25.7 Å². The number of ether oxygens (including phenoxy) is 1. The standard InChI is InChI=1S/C9H12N2O.C9H12.C2H5NO2/c1-3-10-9(12)8-4-6-11(2)7-5-8;1-2-6-9-7-4-3-5-8-9;1-5-2(3)4/h4-7H,3H2,1-2H3;3-5,7-8H,2,6H2,1H3;1H3,(H2,3,4)/p+1. The number of hydrogen-bond acceptors (Lipinski definition) is 3. The Bertz CT molecular complexity index is 629. The van der Waals surface area contributed by atoms with Crippen LogP contribution in [0.1, 0.15) is 36.2 Å². The van der Waals surface area contributed by atoms with E-state index >= 15 is 0 Å². The van der Waals surface area contributed by atoms with Crippen LogP contribution in [0.3, 0.4) is 0 Å². The minimum absolute atomic E-state index is 0.0156. The molecule has 0 bridgehead atoms. The van der Waals surface area contributed by atoms with Crippen LogP contribution in [0.25, 0.3) is 0 Å². The Hall–Kier alpha value is -2.89. The predicted octanol–water partition coefficient (Wildman–Crippen LogP) is 2.61. The van der Waals surface area contributed by atoms with Gasteiger partial charge in [-0.3, -0.25) is 4.79 Å². The van der Waals surface area contributed by atoms with E-state index in [1.54, 1.807) is 12.1 Å². The van der Waals surface area contributed by atoms with Gasteiger partial charge in [-0.2, -0.15) is 0 Å². The second-order valence-electron chi connectivity index (χ2n) is 5.37. The summed E-state index contributed by atoms with van der Waals surface area (Å²) in [5.41, 5.74) is 6.58. The number of benzene rings is 1. The van der Waals surface area contributed by atoms with Gasteiger partial charge in [-0.05, 0) is 18.9 Å². The second-order valence-corrected chi connectivity index (χ2v) is 5.37. The third kappa shape index (κ3) is 11.6. The number of aromatic nitrogens is 1. The number of carbonyl (C=O) groups excluding carboxylic acids is 2. The van der Waals surface area contributed by atoms with Gasteiger partial charge < -0.3 is 15.8 Å². The van der Waals surface area contributed by atoms with Gasteiger partial charge in [0.05, 0.1) is 12.7 Å². The molecule has 1 heterocycles. The molecule has 0 saturated carbocycles. The van der Waals surface area contributed by atoms with Crippen molar-refractivity contribution in [3.8, 4) is 0 Å². The Morgan fingerprint density at radius 2 is 1.62 bits per heavy atom. The summed E-state index contributed by atoms with van der Waals surface area (Å²) in [5.74, 6) is -0.0156. The van der Waals surface area contributed by atoms with E-state index in [9.17, 15) is 9.59 Å². The van der Waals surface area contributed by atoms with Gasteiger partial charge in [0, 0.05) is 18.7 Å². The van der Waals surface area contributed by atoms with Crippen LogP contribution >= 0.6 is 0 Å². The molecule has 6 heteroatoms. The first-order valence-electron chi connectivity index (χ1n) is 8.55. The fraction of sp³-hybridized carbons (Fsp3) is 0.350. The Morgan fingerprint density at radius 3 is 2.04 bits per heavy atom. The zero-order valence-electron chi connectivity index (χ0n) is 16.1. The zero-order valence-corrected chi connectivity index (χ0v) is 16.1. The Kier molecular flexibility index (Phi) is 12.8. The number of hydrogen-bond donors (Lipinski definition) is 2. The molecule has 0 aliphatic carbocycles. The number of nitrogens with zero attached hydrogens (tertiary/aromatic N) is 1. The van der Waals surface area contributed by atoms with E-state index in [1.165, 1.54) is 25.5 Å². The first kappa shape index (κ1) is 23.1. The van der Waals surface area contributed by atoms with E-state index in [2.05, 4.69) is 53.0 Å². The molecule has 2 amide bonds. The monoisotopic (exact) mass is 360 g/mol. The minimum atomic E-state index is -0.745. The van der Waals surface area contributed by atoms with Crippen molar-refractivity contribution in [2.24, 2.45) is 12.8 Å². The molecule has 26 heavy (non-hydrogen) atoms. The summed E-state index contributed by atoms with van der Waals surface area (Å²) in [5, 5.41) is 2.73. The normalized spacial score (nSPS) is 8.92. The number of pyridine rings is 1. The van der Waals surface area contributed by atoms with Crippen LogP contribution in [0.2, 0.25) is 0 Å². The number of nitrogens with two attached hydrogens (primary N) is 1. The van der Waals surface area contributed by atoms with Crippen molar-refractivity contribution in [1.29, 1.82) is 0 Å². The van der Waals surface area contributed by atoms with E-state index in [1.807, 2.05) is 30.9 Å². The molecule has 0 spiro atoms. The molecule has 6 nitrogen and oxygen atoms in total. The molecule has 2 aromatic rings. The minimum Gasteiger partial charge on any atom is -0.453 e. The largest absolute Gasteiger partial charge is 0.453 e. The summed E-state index contributed by atoms with van der Waals surface area (Å²) in [6, 6.07) is 14.2. The van der Waals surface area contributed by atoms with Gasteiger partial charge in [0.15, 0.2) is 12.4 Å². The highest BCUT2D eigenvalue weighted by atomic mass is 16.5. The molecule has 0 radical (unpaired) electrons. The number of carbonyl (C=O) groups is 2. The van der Waals surface area contributed by atoms with Crippen molar-refractivity contribution in [2.45, 2.75) is 26.7 Å². The molecule has 2 rings (SSSR count). The van der Waals surface area contributed by atoms with E-state index in [0.29, 0.717) is 12.1 Å². The van der Waals surface area contributed by atoms with Gasteiger partial charge in [-0.25, -0.2) is 9.36 Å². The first-order valence-corrected chi connectivity index (χ1v) is 8.55. The molecule has 0 unspecified atom stereocenters. The maximum Gasteiger partial charge on any atom is 0.404 e. The third-order valence-corrected chi connectivity index (χ3v) is 3.16. The average Bonchev–Trinajstić information content (AvgIpc) is 2.64. The van der Waals surface area contributed by atoms with Gasteiger partial charge in [0.2, 0.25) is 0 Å². The highest BCUT2D eigenvalue weighted by molar-refractivity contribution is 5.93. The lowest BCUT2D eigenvalue weighted by Gasteiger charge is -1.99. The van der Waals surface area contributed by atoms with E-state index < -0.39 is 6.09 Å². The molecule has 0 aliphatic rings. The number of rotatable bonds is 4. The Balaban J connectivity index is 0.000000394. The predicted molar refractivity (Wildman–Crippen MR) is 103 cm³/mol. The number of aryl methyl sites for hydroxylation is 2. The van der Waals surface area contributed by atoms with Crippen molar-refractivity contribution in [3.05, 3.63) is 66.0 Å². The summed E-state index contributed by atoms with van der Waals surface area (Å²) in [6.07, 6.45) is 5.41. The fourth-order valence-corrected chi connectivity index (χ4v) is 1.85. The molecule has 1 aromatic heterocycles. The lowest BCUT2D eigenvalue weighted by Crippen LogP contribution is -2.28. The van der Waals surface area contributed by atoms with Gasteiger partial charge in [-0.15, -0.1) is 0 Å². The number of methoxy groups -OCH3 is 1. The molecular weight excluding hydrogens is 330 g/mol. The van der Waals surface area contributed by atoms with Gasteiger partial charge in [0.1, 0.15) is 7.05 Å². The van der Waals surface area contributed by atoms with Gasteiger partial charge in [0.25, 0.3) is 5.91 Å². The Morgan fingerprint density at radius 1 is 1.08 bits per heavy atom. The van der Waals surface area contributed by atoms with Crippen LogP contribution in [0, 0.1) is 0 Å². The van der Waals surface area contributed by atoms with Crippen molar-refractivity contribution in [1.82, 2.24) is 5.32 Å². The lowest BCUT2D eigenvalue weighted by molar-refractivity contribution is -0.671. The summed E-state index contributed by atoms with van der Waals surface area (Å²) < 4.78 is 5.78. The van der Waals surface area contributed by atoms with Crippen LogP contribution in [0.4, 0.5) is 4.79 Å². The average molecular weight is 360 g/mol. The summed E-state index contributed by atoms with van der Waals surface area (Å²) in [6.45, 7) is 4.77.